The average molecular weight is 318 g/mol. The van der Waals surface area contributed by atoms with Gasteiger partial charge in [0.25, 0.3) is 0 Å². The number of aromatic nitrogens is 1. The first-order valence-corrected chi connectivity index (χ1v) is 8.51. The van der Waals surface area contributed by atoms with Crippen molar-refractivity contribution < 1.29 is 4.42 Å². The Morgan fingerprint density at radius 1 is 1.50 bits per heavy atom. The van der Waals surface area contributed by atoms with E-state index in [4.69, 9.17) is 4.42 Å². The molecule has 0 bridgehead atoms. The van der Waals surface area contributed by atoms with E-state index < -0.39 is 0 Å². The molecule has 0 aliphatic heterocycles. The number of aliphatic imine (C=N–C) groups is 1. The third kappa shape index (κ3) is 3.68. The molecule has 1 aliphatic carbocycles. The van der Waals surface area contributed by atoms with Gasteiger partial charge < -0.3 is 15.1 Å². The standard InChI is InChI=1S/C16H22N4OS/c1-10-4-7-14(21-10)11(2)19-16(17-3)18-8-13-9-22-15(20-13)12-5-6-12/h4,7,9,11-12H,5-6,8H2,1-3H3,(H2,17,18,19). The summed E-state index contributed by atoms with van der Waals surface area (Å²) in [6.07, 6.45) is 2.59. The number of nitrogens with zero attached hydrogens (tertiary/aromatic N) is 2. The highest BCUT2D eigenvalue weighted by Crippen LogP contribution is 2.41. The predicted molar refractivity (Wildman–Crippen MR) is 89.3 cm³/mol. The Kier molecular flexibility index (Phi) is 4.47. The smallest absolute Gasteiger partial charge is 0.191 e. The van der Waals surface area contributed by atoms with Crippen LogP contribution >= 0.6 is 11.3 Å². The molecule has 0 aromatic carbocycles. The summed E-state index contributed by atoms with van der Waals surface area (Å²) < 4.78 is 5.63. The first-order chi connectivity index (χ1) is 10.7. The van der Waals surface area contributed by atoms with Crippen molar-refractivity contribution in [2.24, 2.45) is 4.99 Å². The minimum Gasteiger partial charge on any atom is -0.464 e. The Morgan fingerprint density at radius 3 is 2.95 bits per heavy atom. The van der Waals surface area contributed by atoms with Crippen molar-refractivity contribution in [3.8, 4) is 0 Å². The summed E-state index contributed by atoms with van der Waals surface area (Å²) >= 11 is 1.77. The van der Waals surface area contributed by atoms with Gasteiger partial charge in [-0.1, -0.05) is 0 Å². The molecule has 3 rings (SSSR count). The van der Waals surface area contributed by atoms with E-state index in [1.165, 1.54) is 17.8 Å². The van der Waals surface area contributed by atoms with Crippen LogP contribution in [0.3, 0.4) is 0 Å². The second-order valence-corrected chi connectivity index (χ2v) is 6.58. The van der Waals surface area contributed by atoms with Crippen LogP contribution in [-0.2, 0) is 6.54 Å². The Labute approximate surface area is 134 Å². The van der Waals surface area contributed by atoms with E-state index in [-0.39, 0.29) is 6.04 Å². The molecule has 0 saturated heterocycles. The lowest BCUT2D eigenvalue weighted by Crippen LogP contribution is -2.38. The highest BCUT2D eigenvalue weighted by molar-refractivity contribution is 7.09. The van der Waals surface area contributed by atoms with Gasteiger partial charge in [0, 0.05) is 18.3 Å². The van der Waals surface area contributed by atoms with Crippen LogP contribution in [-0.4, -0.2) is 18.0 Å². The number of aryl methyl sites for hydroxylation is 1. The summed E-state index contributed by atoms with van der Waals surface area (Å²) in [4.78, 5) is 8.93. The number of hydrogen-bond donors (Lipinski definition) is 2. The summed E-state index contributed by atoms with van der Waals surface area (Å²) in [6, 6.07) is 4.03. The summed E-state index contributed by atoms with van der Waals surface area (Å²) in [5.41, 5.74) is 1.08. The van der Waals surface area contributed by atoms with E-state index in [2.05, 4.69) is 32.9 Å². The highest BCUT2D eigenvalue weighted by atomic mass is 32.1. The van der Waals surface area contributed by atoms with Crippen molar-refractivity contribution in [2.45, 2.75) is 45.2 Å². The third-order valence-corrected chi connectivity index (χ3v) is 4.75. The van der Waals surface area contributed by atoms with Gasteiger partial charge in [0.05, 0.1) is 23.3 Å². The van der Waals surface area contributed by atoms with Gasteiger partial charge in [0.1, 0.15) is 11.5 Å². The minimum atomic E-state index is 0.0670. The molecule has 22 heavy (non-hydrogen) atoms. The molecule has 0 radical (unpaired) electrons. The zero-order chi connectivity index (χ0) is 15.5. The van der Waals surface area contributed by atoms with E-state index in [9.17, 15) is 0 Å². The summed E-state index contributed by atoms with van der Waals surface area (Å²) in [6.45, 7) is 4.69. The van der Waals surface area contributed by atoms with E-state index in [1.54, 1.807) is 18.4 Å². The van der Waals surface area contributed by atoms with Crippen molar-refractivity contribution in [1.29, 1.82) is 0 Å². The fourth-order valence-electron chi connectivity index (χ4n) is 2.25. The van der Waals surface area contributed by atoms with Crippen LogP contribution in [0.4, 0.5) is 0 Å². The molecule has 2 aromatic rings. The average Bonchev–Trinajstić information content (AvgIpc) is 3.09. The number of nitrogens with one attached hydrogen (secondary N) is 2. The lowest BCUT2D eigenvalue weighted by atomic mass is 10.2. The SMILES string of the molecule is CN=C(NCc1csc(C2CC2)n1)NC(C)c1ccc(C)o1. The molecule has 2 aromatic heterocycles. The molecule has 1 fully saturated rings. The van der Waals surface area contributed by atoms with Crippen molar-refractivity contribution in [1.82, 2.24) is 15.6 Å². The fourth-order valence-corrected chi connectivity index (χ4v) is 3.24. The minimum absolute atomic E-state index is 0.0670. The van der Waals surface area contributed by atoms with Crippen LogP contribution in [0.2, 0.25) is 0 Å². The number of furan rings is 1. The third-order valence-electron chi connectivity index (χ3n) is 3.70. The van der Waals surface area contributed by atoms with Crippen LogP contribution in [0.15, 0.2) is 26.9 Å². The Hall–Kier alpha value is -1.82. The summed E-state index contributed by atoms with van der Waals surface area (Å²) in [7, 11) is 1.77. The zero-order valence-corrected chi connectivity index (χ0v) is 14.0. The normalized spacial score (nSPS) is 16.6. The Morgan fingerprint density at radius 2 is 2.32 bits per heavy atom. The van der Waals surface area contributed by atoms with Gasteiger partial charge in [0.15, 0.2) is 5.96 Å². The van der Waals surface area contributed by atoms with Gasteiger partial charge in [-0.25, -0.2) is 4.98 Å². The maximum absolute atomic E-state index is 5.63. The maximum Gasteiger partial charge on any atom is 0.191 e. The highest BCUT2D eigenvalue weighted by Gasteiger charge is 2.26. The molecule has 1 aliphatic rings. The molecular formula is C16H22N4OS. The largest absolute Gasteiger partial charge is 0.464 e. The Balaban J connectivity index is 1.52. The molecule has 118 valence electrons. The quantitative estimate of drug-likeness (QED) is 0.655. The molecule has 1 unspecified atom stereocenters. The van der Waals surface area contributed by atoms with Crippen molar-refractivity contribution in [3.63, 3.8) is 0 Å². The van der Waals surface area contributed by atoms with Gasteiger partial charge in [-0.05, 0) is 38.8 Å². The number of rotatable bonds is 5. The van der Waals surface area contributed by atoms with Crippen LogP contribution in [0, 0.1) is 6.92 Å². The number of thiazole rings is 1. The van der Waals surface area contributed by atoms with E-state index >= 15 is 0 Å². The van der Waals surface area contributed by atoms with Crippen LogP contribution < -0.4 is 10.6 Å². The van der Waals surface area contributed by atoms with Crippen molar-refractivity contribution >= 4 is 17.3 Å². The van der Waals surface area contributed by atoms with E-state index in [0.29, 0.717) is 6.54 Å². The predicted octanol–water partition coefficient (Wildman–Crippen LogP) is 3.35. The lowest BCUT2D eigenvalue weighted by molar-refractivity contribution is 0.441. The topological polar surface area (TPSA) is 62.5 Å². The number of guanidine groups is 1. The maximum atomic E-state index is 5.63. The zero-order valence-electron chi connectivity index (χ0n) is 13.2. The van der Waals surface area contributed by atoms with Gasteiger partial charge in [-0.2, -0.15) is 0 Å². The molecule has 5 nitrogen and oxygen atoms in total. The molecule has 1 atom stereocenters. The fraction of sp³-hybridized carbons (Fsp3) is 0.500. The molecule has 2 heterocycles. The van der Waals surface area contributed by atoms with E-state index in [0.717, 1.165) is 29.1 Å². The van der Waals surface area contributed by atoms with Crippen LogP contribution in [0.1, 0.15) is 53.9 Å². The first-order valence-electron chi connectivity index (χ1n) is 7.63. The van der Waals surface area contributed by atoms with Gasteiger partial charge in [0.2, 0.25) is 0 Å². The van der Waals surface area contributed by atoms with Gasteiger partial charge >= 0.3 is 0 Å². The molecule has 0 spiro atoms. The monoisotopic (exact) mass is 318 g/mol. The second-order valence-electron chi connectivity index (χ2n) is 5.69. The molecule has 2 N–H and O–H groups in total. The summed E-state index contributed by atoms with van der Waals surface area (Å²) in [5, 5.41) is 10.0. The van der Waals surface area contributed by atoms with Crippen LogP contribution in [0.25, 0.3) is 0 Å². The van der Waals surface area contributed by atoms with Gasteiger partial charge in [-0.15, -0.1) is 11.3 Å². The Bertz CT molecular complexity index is 657. The molecule has 1 saturated carbocycles. The molecule has 6 heteroatoms. The van der Waals surface area contributed by atoms with Crippen LogP contribution in [0.5, 0.6) is 0 Å². The first kappa shape index (κ1) is 15.1. The van der Waals surface area contributed by atoms with E-state index in [1.807, 2.05) is 19.1 Å². The summed E-state index contributed by atoms with van der Waals surface area (Å²) in [5.74, 6) is 3.30. The molecule has 0 amide bonds. The molecular weight excluding hydrogens is 296 g/mol. The van der Waals surface area contributed by atoms with Crippen molar-refractivity contribution in [2.75, 3.05) is 7.05 Å². The lowest BCUT2D eigenvalue weighted by Gasteiger charge is -2.15. The van der Waals surface area contributed by atoms with Crippen molar-refractivity contribution in [3.05, 3.63) is 39.7 Å². The second kappa shape index (κ2) is 6.52. The number of hydrogen-bond acceptors (Lipinski definition) is 4. The van der Waals surface area contributed by atoms with Gasteiger partial charge in [-0.3, -0.25) is 4.99 Å².